The van der Waals surface area contributed by atoms with E-state index in [1.54, 1.807) is 12.5 Å². The normalized spacial score (nSPS) is 15.7. The number of ketones is 1. The number of Topliss-reactive ketones (excluding diaryl/α,β-unsaturated/α-hetero) is 1. The summed E-state index contributed by atoms with van der Waals surface area (Å²) in [7, 11) is 0. The number of oxazole rings is 1. The third-order valence-electron chi connectivity index (χ3n) is 6.45. The van der Waals surface area contributed by atoms with Crippen molar-refractivity contribution in [3.63, 3.8) is 0 Å². The second-order valence-corrected chi connectivity index (χ2v) is 7.97. The summed E-state index contributed by atoms with van der Waals surface area (Å²) < 4.78 is 5.53. The first-order chi connectivity index (χ1) is 14.7. The van der Waals surface area contributed by atoms with E-state index in [2.05, 4.69) is 54.1 Å². The van der Waals surface area contributed by atoms with E-state index in [-0.39, 0.29) is 5.78 Å². The highest BCUT2D eigenvalue weighted by Crippen LogP contribution is 2.49. The van der Waals surface area contributed by atoms with E-state index in [0.717, 1.165) is 43.6 Å². The lowest BCUT2D eigenvalue weighted by atomic mass is 9.95. The average molecular weight is 399 g/mol. The van der Waals surface area contributed by atoms with Crippen LogP contribution in [0.15, 0.2) is 53.3 Å². The van der Waals surface area contributed by atoms with E-state index in [9.17, 15) is 4.79 Å². The first kappa shape index (κ1) is 19.0. The number of rotatable bonds is 6. The van der Waals surface area contributed by atoms with Crippen LogP contribution in [0, 0.1) is 0 Å². The Bertz CT molecular complexity index is 1140. The smallest absolute Gasteiger partial charge is 0.225 e. The van der Waals surface area contributed by atoms with E-state index in [0.29, 0.717) is 12.3 Å². The van der Waals surface area contributed by atoms with Crippen molar-refractivity contribution < 1.29 is 9.21 Å². The van der Waals surface area contributed by atoms with Gasteiger partial charge in [-0.1, -0.05) is 38.1 Å². The molecule has 0 atom stereocenters. The van der Waals surface area contributed by atoms with Crippen LogP contribution in [-0.2, 0) is 6.42 Å². The van der Waals surface area contributed by atoms with Crippen molar-refractivity contribution in [2.24, 2.45) is 0 Å². The number of fused-ring (bicyclic) bond motifs is 5. The lowest BCUT2D eigenvalue weighted by Gasteiger charge is -2.16. The van der Waals surface area contributed by atoms with Crippen LogP contribution in [0.25, 0.3) is 28.2 Å². The highest BCUT2D eigenvalue weighted by atomic mass is 16.3. The van der Waals surface area contributed by atoms with Crippen LogP contribution in [0.5, 0.6) is 0 Å². The fourth-order valence-electron chi connectivity index (χ4n) is 4.86. The summed E-state index contributed by atoms with van der Waals surface area (Å²) in [6.07, 6.45) is 8.09. The Kier molecular flexibility index (Phi) is 4.87. The fourth-order valence-corrected chi connectivity index (χ4v) is 4.86. The van der Waals surface area contributed by atoms with E-state index >= 15 is 0 Å². The maximum Gasteiger partial charge on any atom is 0.225 e. The molecule has 0 radical (unpaired) electrons. The fraction of sp³-hybridized carbons (Fsp3) is 0.308. The number of carbonyl (C=O) groups is 1. The van der Waals surface area contributed by atoms with Crippen molar-refractivity contribution in [1.29, 1.82) is 0 Å². The number of nitrogens with zero attached hydrogens (tertiary/aromatic N) is 2. The summed E-state index contributed by atoms with van der Waals surface area (Å²) in [5.41, 5.74) is 9.28. The molecule has 4 heteroatoms. The van der Waals surface area contributed by atoms with Crippen LogP contribution in [0.2, 0.25) is 0 Å². The predicted molar refractivity (Wildman–Crippen MR) is 120 cm³/mol. The Morgan fingerprint density at radius 3 is 2.60 bits per heavy atom. The van der Waals surface area contributed by atoms with Crippen LogP contribution in [0.3, 0.4) is 0 Å². The first-order valence-corrected chi connectivity index (χ1v) is 10.9. The van der Waals surface area contributed by atoms with Gasteiger partial charge in [0, 0.05) is 24.1 Å². The number of carbonyl (C=O) groups excluding carboxylic acids is 1. The molecule has 0 N–H and O–H groups in total. The van der Waals surface area contributed by atoms with Crippen molar-refractivity contribution >= 4 is 11.4 Å². The molecule has 3 aromatic rings. The lowest BCUT2D eigenvalue weighted by molar-refractivity contribution is 0.0994. The molecule has 2 aliphatic rings. The van der Waals surface area contributed by atoms with Crippen LogP contribution in [0.1, 0.15) is 53.7 Å². The van der Waals surface area contributed by atoms with Gasteiger partial charge in [-0.2, -0.15) is 0 Å². The molecule has 0 unspecified atom stereocenters. The van der Waals surface area contributed by atoms with E-state index < -0.39 is 0 Å². The molecule has 0 bridgehead atoms. The van der Waals surface area contributed by atoms with Gasteiger partial charge < -0.3 is 9.32 Å². The zero-order chi connectivity index (χ0) is 20.7. The number of hydrogen-bond acceptors (Lipinski definition) is 4. The number of benzene rings is 2. The van der Waals surface area contributed by atoms with E-state index in [4.69, 9.17) is 4.42 Å². The van der Waals surface area contributed by atoms with Gasteiger partial charge in [-0.3, -0.25) is 4.79 Å². The zero-order valence-corrected chi connectivity index (χ0v) is 17.6. The summed E-state index contributed by atoms with van der Waals surface area (Å²) >= 11 is 0. The van der Waals surface area contributed by atoms with Crippen molar-refractivity contribution in [2.45, 2.75) is 33.1 Å². The second-order valence-electron chi connectivity index (χ2n) is 7.97. The Balaban J connectivity index is 1.63. The number of aromatic nitrogens is 1. The second kappa shape index (κ2) is 7.69. The predicted octanol–water partition coefficient (Wildman–Crippen LogP) is 5.61. The van der Waals surface area contributed by atoms with Crippen LogP contribution in [0.4, 0.5) is 0 Å². The molecule has 0 spiro atoms. The standard InChI is InChI=1S/C26H26N2O2/c1-3-28(4-2)14-5-6-18-19-8-7-17(26-27-13-15-30-26)16-23(19)25-21(18)10-9-20-22(25)11-12-24(20)29/h6-10,13,15-16H,3-5,11-12,14H2,1-2H3. The van der Waals surface area contributed by atoms with Gasteiger partial charge in [-0.05, 0) is 71.5 Å². The molecule has 30 heavy (non-hydrogen) atoms. The third kappa shape index (κ3) is 3.03. The zero-order valence-electron chi connectivity index (χ0n) is 17.6. The molecule has 4 nitrogen and oxygen atoms in total. The lowest BCUT2D eigenvalue weighted by Crippen LogP contribution is -2.23. The van der Waals surface area contributed by atoms with E-state index in [1.165, 1.54) is 33.4 Å². The highest BCUT2D eigenvalue weighted by Gasteiger charge is 2.31. The van der Waals surface area contributed by atoms with Crippen LogP contribution in [-0.4, -0.2) is 35.3 Å². The molecule has 0 saturated heterocycles. The molecular formula is C26H26N2O2. The first-order valence-electron chi connectivity index (χ1n) is 10.9. The van der Waals surface area contributed by atoms with Gasteiger partial charge in [-0.15, -0.1) is 0 Å². The van der Waals surface area contributed by atoms with Crippen molar-refractivity contribution in [3.05, 3.63) is 71.1 Å². The Labute approximate surface area is 177 Å². The topological polar surface area (TPSA) is 46.3 Å². The van der Waals surface area contributed by atoms with Gasteiger partial charge in [0.15, 0.2) is 5.78 Å². The maximum atomic E-state index is 12.4. The molecule has 152 valence electrons. The monoisotopic (exact) mass is 398 g/mol. The van der Waals surface area contributed by atoms with Crippen molar-refractivity contribution in [1.82, 2.24) is 9.88 Å². The summed E-state index contributed by atoms with van der Waals surface area (Å²) in [6.45, 7) is 7.62. The van der Waals surface area contributed by atoms with E-state index in [1.807, 2.05) is 6.07 Å². The van der Waals surface area contributed by atoms with Crippen LogP contribution >= 0.6 is 0 Å². The van der Waals surface area contributed by atoms with Gasteiger partial charge in [0.25, 0.3) is 0 Å². The minimum absolute atomic E-state index is 0.261. The Morgan fingerprint density at radius 1 is 1.03 bits per heavy atom. The summed E-state index contributed by atoms with van der Waals surface area (Å²) in [6, 6.07) is 10.6. The molecule has 0 aliphatic heterocycles. The largest absolute Gasteiger partial charge is 0.445 e. The van der Waals surface area contributed by atoms with Gasteiger partial charge in [0.1, 0.15) is 6.26 Å². The molecule has 1 aromatic heterocycles. The van der Waals surface area contributed by atoms with Gasteiger partial charge >= 0.3 is 0 Å². The molecule has 0 saturated carbocycles. The molecule has 2 aromatic carbocycles. The molecule has 1 heterocycles. The van der Waals surface area contributed by atoms with Crippen molar-refractivity contribution in [2.75, 3.05) is 19.6 Å². The number of hydrogen-bond donors (Lipinski definition) is 0. The molecule has 2 aliphatic carbocycles. The Morgan fingerprint density at radius 2 is 1.83 bits per heavy atom. The molecule has 0 fully saturated rings. The van der Waals surface area contributed by atoms with Crippen LogP contribution < -0.4 is 0 Å². The van der Waals surface area contributed by atoms with Crippen molar-refractivity contribution in [3.8, 4) is 22.6 Å². The third-order valence-corrected chi connectivity index (χ3v) is 6.45. The highest BCUT2D eigenvalue weighted by molar-refractivity contribution is 6.09. The summed E-state index contributed by atoms with van der Waals surface area (Å²) in [5, 5.41) is 0. The Hall–Kier alpha value is -2.98. The molecule has 5 rings (SSSR count). The van der Waals surface area contributed by atoms with Gasteiger partial charge in [0.2, 0.25) is 5.89 Å². The minimum atomic E-state index is 0.261. The van der Waals surface area contributed by atoms with Gasteiger partial charge in [-0.25, -0.2) is 4.98 Å². The summed E-state index contributed by atoms with van der Waals surface area (Å²) in [5.74, 6) is 0.888. The SMILES string of the molecule is CCN(CC)CCC=C1c2ccc(-c3ncco3)cc2-c2c1ccc1c2CCC1=O. The minimum Gasteiger partial charge on any atom is -0.445 e. The molecule has 0 amide bonds. The quantitative estimate of drug-likeness (QED) is 0.423. The molecular weight excluding hydrogens is 372 g/mol. The maximum absolute atomic E-state index is 12.4. The van der Waals surface area contributed by atoms with Gasteiger partial charge in [0.05, 0.1) is 6.20 Å². The average Bonchev–Trinajstić information content (AvgIpc) is 3.50. The summed E-state index contributed by atoms with van der Waals surface area (Å²) in [4.78, 5) is 19.1.